The second-order valence-electron chi connectivity index (χ2n) is 15.6. The van der Waals surface area contributed by atoms with Crippen LogP contribution in [0.5, 0.6) is 0 Å². The van der Waals surface area contributed by atoms with Crippen LogP contribution in [-0.4, -0.2) is 5.92 Å². The van der Waals surface area contributed by atoms with Gasteiger partial charge in [-0.15, -0.1) is 0 Å². The Balaban J connectivity index is 1.42. The van der Waals surface area contributed by atoms with Gasteiger partial charge in [-0.25, -0.2) is 0 Å². The van der Waals surface area contributed by atoms with Crippen molar-refractivity contribution in [1.29, 1.82) is 0 Å². The molecule has 0 saturated carbocycles. The predicted octanol–water partition coefficient (Wildman–Crippen LogP) is 14.8. The standard InChI is InChI=1S/2C24H21.C2H7Si.2ClH.Zr/c2*1-2-9-19-12-6-7-14-22(19)23-15-8-13-20-16-21(17-24(20)23)18-10-4-3-5-11-18;1-3-2;;;/h2*3-8,10-17H,2,9H2,1H3;3H,1-2H3;2*1H;/q;;;;;+2/p-2. The number of benzene rings is 6. The molecule has 6 aromatic rings. The second kappa shape index (κ2) is 15.2. The van der Waals surface area contributed by atoms with Gasteiger partial charge < -0.3 is 0 Å². The van der Waals surface area contributed by atoms with Crippen LogP contribution in [0.3, 0.4) is 0 Å². The number of hydrogen-bond donors (Lipinski definition) is 0. The SMILES string of the molecule is CCCc1ccccc1-c1cccc2c1C=C(c1ccccc1)[CH]2[Zr]([Cl])([Cl])([CH]1C(c2ccccc2)=Cc2c(-c3ccccc3CCC)cccc21)[SiH](C)C. The van der Waals surface area contributed by atoms with E-state index in [9.17, 15) is 0 Å². The zero-order chi connectivity index (χ0) is 37.5. The molecule has 4 heteroatoms. The summed E-state index contributed by atoms with van der Waals surface area (Å²) < 4.78 is -0.146. The molecule has 2 aliphatic carbocycles. The third kappa shape index (κ3) is 6.23. The van der Waals surface area contributed by atoms with E-state index >= 15 is 0 Å². The molecule has 2 atom stereocenters. The van der Waals surface area contributed by atoms with Crippen molar-refractivity contribution in [2.75, 3.05) is 0 Å². The van der Waals surface area contributed by atoms with Crippen molar-refractivity contribution < 1.29 is 15.6 Å². The summed E-state index contributed by atoms with van der Waals surface area (Å²) in [5.41, 5.74) is 18.1. The molecule has 0 saturated heterocycles. The normalized spacial score (nSPS) is 17.1. The van der Waals surface area contributed by atoms with Crippen molar-refractivity contribution in [1.82, 2.24) is 0 Å². The zero-order valence-corrected chi connectivity index (χ0v) is 37.0. The van der Waals surface area contributed by atoms with Crippen LogP contribution in [0.2, 0.25) is 13.1 Å². The van der Waals surface area contributed by atoms with Gasteiger partial charge in [0.2, 0.25) is 0 Å². The summed E-state index contributed by atoms with van der Waals surface area (Å²) >= 11 is -5.20. The van der Waals surface area contributed by atoms with Gasteiger partial charge in [0, 0.05) is 0 Å². The number of allylic oxidation sites excluding steroid dienone is 2. The monoisotopic (exact) mass is 837 g/mol. The van der Waals surface area contributed by atoms with Crippen LogP contribution < -0.4 is 0 Å². The molecule has 271 valence electrons. The number of aryl methyl sites for hydroxylation is 2. The van der Waals surface area contributed by atoms with Crippen molar-refractivity contribution in [3.05, 3.63) is 190 Å². The molecule has 0 heterocycles. The van der Waals surface area contributed by atoms with Gasteiger partial charge in [-0.1, -0.05) is 0 Å². The minimum absolute atomic E-state index is 0.0729. The Labute approximate surface area is 331 Å². The van der Waals surface area contributed by atoms with E-state index in [0.29, 0.717) is 0 Å². The molecule has 54 heavy (non-hydrogen) atoms. The average molecular weight is 840 g/mol. The summed E-state index contributed by atoms with van der Waals surface area (Å²) in [4.78, 5) is 0. The van der Waals surface area contributed by atoms with Gasteiger partial charge in [0.15, 0.2) is 0 Å². The molecule has 2 aliphatic rings. The summed E-state index contributed by atoms with van der Waals surface area (Å²) in [5, 5.41) is 0. The van der Waals surface area contributed by atoms with E-state index in [1.807, 2.05) is 0 Å². The number of fused-ring (bicyclic) bond motifs is 2. The Hall–Kier alpha value is -3.52. The third-order valence-electron chi connectivity index (χ3n) is 12.2. The van der Waals surface area contributed by atoms with Crippen molar-refractivity contribution in [3.8, 4) is 22.3 Å². The van der Waals surface area contributed by atoms with Crippen molar-refractivity contribution in [2.45, 2.75) is 59.9 Å². The third-order valence-corrected chi connectivity index (χ3v) is 63.8. The first kappa shape index (κ1) is 37.4. The molecule has 0 fully saturated rings. The molecule has 2 unspecified atom stereocenters. The van der Waals surface area contributed by atoms with E-state index in [-0.39, 0.29) is 7.25 Å². The van der Waals surface area contributed by atoms with Gasteiger partial charge in [0.1, 0.15) is 0 Å². The van der Waals surface area contributed by atoms with Gasteiger partial charge in [-0.2, -0.15) is 0 Å². The van der Waals surface area contributed by atoms with Gasteiger partial charge in [-0.05, 0) is 0 Å². The average Bonchev–Trinajstić information content (AvgIpc) is 3.81. The summed E-state index contributed by atoms with van der Waals surface area (Å²) in [5.74, 6) is -1.83. The van der Waals surface area contributed by atoms with E-state index in [1.54, 1.807) is 0 Å². The van der Waals surface area contributed by atoms with E-state index in [0.717, 1.165) is 25.7 Å². The van der Waals surface area contributed by atoms with Gasteiger partial charge >= 0.3 is 334 Å². The van der Waals surface area contributed by atoms with Crippen LogP contribution in [-0.2, 0) is 28.4 Å². The Bertz CT molecular complexity index is 2230. The molecule has 0 aromatic heterocycles. The fourth-order valence-corrected chi connectivity index (χ4v) is 39.7. The first-order chi connectivity index (χ1) is 26.3. The van der Waals surface area contributed by atoms with Gasteiger partial charge in [0.05, 0.1) is 0 Å². The Morgan fingerprint density at radius 2 is 0.833 bits per heavy atom. The molecule has 0 radical (unpaired) electrons. The van der Waals surface area contributed by atoms with E-state index in [4.69, 9.17) is 17.0 Å². The first-order valence-electron chi connectivity index (χ1n) is 19.8. The van der Waals surface area contributed by atoms with Crippen molar-refractivity contribution >= 4 is 46.2 Å². The molecule has 0 aliphatic heterocycles. The second-order valence-corrected chi connectivity index (χ2v) is 58.1. The molecule has 0 bridgehead atoms. The summed E-state index contributed by atoms with van der Waals surface area (Å²) in [6.45, 7) is 9.43. The van der Waals surface area contributed by atoms with Gasteiger partial charge in [-0.3, -0.25) is 0 Å². The molecule has 6 aromatic carbocycles. The zero-order valence-electron chi connectivity index (χ0n) is 31.8. The quantitative estimate of drug-likeness (QED) is 0.114. The van der Waals surface area contributed by atoms with Crippen LogP contribution in [0.1, 0.15) is 78.4 Å². The molecule has 0 amide bonds. The number of rotatable bonds is 11. The minimum atomic E-state index is -5.20. The maximum absolute atomic E-state index is 9.00. The predicted molar refractivity (Wildman–Crippen MR) is 236 cm³/mol. The van der Waals surface area contributed by atoms with Crippen LogP contribution in [0, 0.1) is 0 Å². The van der Waals surface area contributed by atoms with Crippen LogP contribution in [0.15, 0.2) is 146 Å². The molecule has 0 nitrogen and oxygen atoms in total. The van der Waals surface area contributed by atoms with Crippen molar-refractivity contribution in [2.24, 2.45) is 0 Å². The number of hydrogen-bond acceptors (Lipinski definition) is 0. The van der Waals surface area contributed by atoms with Crippen molar-refractivity contribution in [3.63, 3.8) is 0 Å². The first-order valence-corrected chi connectivity index (χ1v) is 36.1. The molecule has 0 spiro atoms. The Morgan fingerprint density at radius 1 is 0.463 bits per heavy atom. The Kier molecular flexibility index (Phi) is 10.5. The Morgan fingerprint density at radius 3 is 1.22 bits per heavy atom. The summed E-state index contributed by atoms with van der Waals surface area (Å²) in [6, 6.07) is 53.7. The summed E-state index contributed by atoms with van der Waals surface area (Å²) in [6.07, 6.45) is 9.23. The van der Waals surface area contributed by atoms with Gasteiger partial charge in [0.25, 0.3) is 0 Å². The van der Waals surface area contributed by atoms with E-state index in [2.05, 4.69) is 185 Å². The van der Waals surface area contributed by atoms with Crippen LogP contribution >= 0.6 is 17.0 Å². The van der Waals surface area contributed by atoms with Crippen LogP contribution in [0.4, 0.5) is 0 Å². The molecule has 0 N–H and O–H groups in total. The number of halogens is 2. The fourth-order valence-electron chi connectivity index (χ4n) is 9.60. The van der Waals surface area contributed by atoms with E-state index < -0.39 is 21.5 Å². The fraction of sp³-hybridized carbons (Fsp3) is 0.200. The molecular formula is C50H49Cl2SiZr. The van der Waals surface area contributed by atoms with E-state index in [1.165, 1.54) is 77.9 Å². The summed E-state index contributed by atoms with van der Waals surface area (Å²) in [7, 11) is 18.0. The maximum atomic E-state index is 9.00. The molecular weight excluding hydrogens is 791 g/mol. The topological polar surface area (TPSA) is 0 Å². The molecule has 8 rings (SSSR count). The van der Waals surface area contributed by atoms with Crippen LogP contribution in [0.25, 0.3) is 45.6 Å².